The van der Waals surface area contributed by atoms with Gasteiger partial charge in [-0.25, -0.2) is 0 Å². The molecule has 1 fully saturated rings. The van der Waals surface area contributed by atoms with Crippen LogP contribution in [0, 0.1) is 0 Å². The smallest absolute Gasteiger partial charge is 0.255 e. The van der Waals surface area contributed by atoms with Crippen LogP contribution in [0.2, 0.25) is 0 Å². The van der Waals surface area contributed by atoms with Crippen molar-refractivity contribution in [1.82, 2.24) is 25.0 Å². The molecule has 4 heterocycles. The Morgan fingerprint density at radius 1 is 1.21 bits per heavy atom. The normalized spacial score (nSPS) is 17.2. The summed E-state index contributed by atoms with van der Waals surface area (Å²) in [6, 6.07) is 9.08. The molecule has 0 bridgehead atoms. The lowest BCUT2D eigenvalue weighted by Gasteiger charge is -2.15. The number of hydrogen-bond donors (Lipinski definition) is 0. The van der Waals surface area contributed by atoms with Gasteiger partial charge in [0.15, 0.2) is 0 Å². The van der Waals surface area contributed by atoms with E-state index in [0.717, 1.165) is 6.42 Å². The van der Waals surface area contributed by atoms with E-state index in [0.29, 0.717) is 36.1 Å². The molecule has 0 spiro atoms. The van der Waals surface area contributed by atoms with Crippen LogP contribution in [0.5, 0.6) is 0 Å². The summed E-state index contributed by atoms with van der Waals surface area (Å²) in [4.78, 5) is 26.9. The Balaban J connectivity index is 1.48. The standard InChI is InChI=1S/C17H15N5O2/c23-17(12-4-3-7-18-10-12)22-9-6-13(11-22)16-20-15(21-24-16)14-5-1-2-8-19-14/h1-5,7-8,10,13H,6,9,11H2/t13-/m0/s1. The Bertz CT molecular complexity index is 834. The molecule has 24 heavy (non-hydrogen) atoms. The number of aromatic nitrogens is 4. The minimum Gasteiger partial charge on any atom is -0.339 e. The molecule has 3 aromatic heterocycles. The molecule has 1 aliphatic rings. The molecule has 0 unspecified atom stereocenters. The molecule has 1 atom stereocenters. The van der Waals surface area contributed by atoms with Crippen molar-refractivity contribution < 1.29 is 9.32 Å². The first-order chi connectivity index (χ1) is 11.8. The molecule has 4 rings (SSSR count). The average molecular weight is 321 g/mol. The van der Waals surface area contributed by atoms with Crippen LogP contribution in [0.15, 0.2) is 53.4 Å². The topological polar surface area (TPSA) is 85.0 Å². The first kappa shape index (κ1) is 14.5. The van der Waals surface area contributed by atoms with Gasteiger partial charge < -0.3 is 9.42 Å². The molecule has 0 aromatic carbocycles. The van der Waals surface area contributed by atoms with Crippen LogP contribution in [0.1, 0.15) is 28.6 Å². The summed E-state index contributed by atoms with van der Waals surface area (Å²) >= 11 is 0. The molecule has 1 saturated heterocycles. The van der Waals surface area contributed by atoms with E-state index < -0.39 is 0 Å². The fraction of sp³-hybridized carbons (Fsp3) is 0.235. The van der Waals surface area contributed by atoms with Crippen LogP contribution in [-0.2, 0) is 0 Å². The molecule has 1 aliphatic heterocycles. The van der Waals surface area contributed by atoms with Gasteiger partial charge in [0.1, 0.15) is 5.69 Å². The average Bonchev–Trinajstić information content (AvgIpc) is 3.32. The Morgan fingerprint density at radius 3 is 2.96 bits per heavy atom. The zero-order valence-electron chi connectivity index (χ0n) is 12.9. The van der Waals surface area contributed by atoms with E-state index in [1.54, 1.807) is 35.6 Å². The van der Waals surface area contributed by atoms with E-state index in [1.165, 1.54) is 0 Å². The highest BCUT2D eigenvalue weighted by Gasteiger charge is 2.31. The third-order valence-electron chi connectivity index (χ3n) is 4.07. The number of rotatable bonds is 3. The molecule has 0 saturated carbocycles. The predicted molar refractivity (Wildman–Crippen MR) is 85.0 cm³/mol. The maximum Gasteiger partial charge on any atom is 0.255 e. The number of pyridine rings is 2. The van der Waals surface area contributed by atoms with Crippen molar-refractivity contribution in [3.05, 3.63) is 60.4 Å². The molecule has 120 valence electrons. The van der Waals surface area contributed by atoms with Gasteiger partial charge in [-0.3, -0.25) is 14.8 Å². The van der Waals surface area contributed by atoms with Crippen LogP contribution in [0.4, 0.5) is 0 Å². The largest absolute Gasteiger partial charge is 0.339 e. The van der Waals surface area contributed by atoms with Crippen LogP contribution in [-0.4, -0.2) is 44.0 Å². The van der Waals surface area contributed by atoms with E-state index in [4.69, 9.17) is 4.52 Å². The summed E-state index contributed by atoms with van der Waals surface area (Å²) in [5.74, 6) is 1.06. The zero-order chi connectivity index (χ0) is 16.4. The molecule has 1 amide bonds. The van der Waals surface area contributed by atoms with Crippen LogP contribution < -0.4 is 0 Å². The van der Waals surface area contributed by atoms with Crippen LogP contribution in [0.3, 0.4) is 0 Å². The quantitative estimate of drug-likeness (QED) is 0.735. The lowest BCUT2D eigenvalue weighted by atomic mass is 10.1. The second-order valence-electron chi connectivity index (χ2n) is 5.65. The number of amides is 1. The maximum absolute atomic E-state index is 12.5. The van der Waals surface area contributed by atoms with Crippen LogP contribution >= 0.6 is 0 Å². The van der Waals surface area contributed by atoms with E-state index >= 15 is 0 Å². The Morgan fingerprint density at radius 2 is 2.17 bits per heavy atom. The summed E-state index contributed by atoms with van der Waals surface area (Å²) in [5, 5.41) is 4.00. The third kappa shape index (κ3) is 2.76. The predicted octanol–water partition coefficient (Wildman–Crippen LogP) is 2.16. The SMILES string of the molecule is O=C(c1cccnc1)N1CC[C@H](c2nc(-c3ccccn3)no2)C1. The number of hydrogen-bond acceptors (Lipinski definition) is 6. The van der Waals surface area contributed by atoms with Gasteiger partial charge in [-0.2, -0.15) is 4.98 Å². The second-order valence-corrected chi connectivity index (χ2v) is 5.65. The van der Waals surface area contributed by atoms with Crippen LogP contribution in [0.25, 0.3) is 11.5 Å². The van der Waals surface area contributed by atoms with Crippen molar-refractivity contribution in [3.8, 4) is 11.5 Å². The van der Waals surface area contributed by atoms with Gasteiger partial charge in [-0.15, -0.1) is 0 Å². The zero-order valence-corrected chi connectivity index (χ0v) is 12.9. The number of nitrogens with zero attached hydrogens (tertiary/aromatic N) is 5. The van der Waals surface area contributed by atoms with Crippen molar-refractivity contribution >= 4 is 5.91 Å². The van der Waals surface area contributed by atoms with Crippen molar-refractivity contribution in [3.63, 3.8) is 0 Å². The maximum atomic E-state index is 12.5. The van der Waals surface area contributed by atoms with E-state index in [-0.39, 0.29) is 11.8 Å². The van der Waals surface area contributed by atoms with E-state index in [2.05, 4.69) is 20.1 Å². The Kier molecular flexibility index (Phi) is 3.74. The monoisotopic (exact) mass is 321 g/mol. The summed E-state index contributed by atoms with van der Waals surface area (Å²) in [5.41, 5.74) is 1.27. The van der Waals surface area contributed by atoms with Gasteiger partial charge in [0.25, 0.3) is 5.91 Å². The summed E-state index contributed by atoms with van der Waals surface area (Å²) < 4.78 is 5.39. The number of carbonyl (C=O) groups is 1. The number of likely N-dealkylation sites (tertiary alicyclic amines) is 1. The van der Waals surface area contributed by atoms with Crippen molar-refractivity contribution in [2.24, 2.45) is 0 Å². The molecule has 0 N–H and O–H groups in total. The molecular weight excluding hydrogens is 306 g/mol. The second kappa shape index (κ2) is 6.19. The molecule has 3 aromatic rings. The van der Waals surface area contributed by atoms with Gasteiger partial charge in [0.2, 0.25) is 11.7 Å². The third-order valence-corrected chi connectivity index (χ3v) is 4.07. The Hall–Kier alpha value is -3.09. The van der Waals surface area contributed by atoms with E-state index in [1.807, 2.05) is 18.2 Å². The number of carbonyl (C=O) groups excluding carboxylic acids is 1. The fourth-order valence-corrected chi connectivity index (χ4v) is 2.82. The van der Waals surface area contributed by atoms with Gasteiger partial charge in [-0.05, 0) is 30.7 Å². The highest BCUT2D eigenvalue weighted by molar-refractivity contribution is 5.94. The van der Waals surface area contributed by atoms with Gasteiger partial charge in [0.05, 0.1) is 11.5 Å². The summed E-state index contributed by atoms with van der Waals surface area (Å²) in [6.07, 6.45) is 5.73. The molecule has 7 heteroatoms. The summed E-state index contributed by atoms with van der Waals surface area (Å²) in [7, 11) is 0. The summed E-state index contributed by atoms with van der Waals surface area (Å²) in [6.45, 7) is 1.23. The fourth-order valence-electron chi connectivity index (χ4n) is 2.82. The molecular formula is C17H15N5O2. The first-order valence-corrected chi connectivity index (χ1v) is 7.75. The van der Waals surface area contributed by atoms with Gasteiger partial charge >= 0.3 is 0 Å². The minimum atomic E-state index is -0.0185. The lowest BCUT2D eigenvalue weighted by Crippen LogP contribution is -2.28. The lowest BCUT2D eigenvalue weighted by molar-refractivity contribution is 0.0789. The molecule has 0 radical (unpaired) electrons. The van der Waals surface area contributed by atoms with Gasteiger partial charge in [-0.1, -0.05) is 11.2 Å². The first-order valence-electron chi connectivity index (χ1n) is 7.75. The van der Waals surface area contributed by atoms with Crippen molar-refractivity contribution in [2.75, 3.05) is 13.1 Å². The Labute approximate surface area is 138 Å². The van der Waals surface area contributed by atoms with E-state index in [9.17, 15) is 4.79 Å². The minimum absolute atomic E-state index is 0.0185. The van der Waals surface area contributed by atoms with Crippen molar-refractivity contribution in [2.45, 2.75) is 12.3 Å². The van der Waals surface area contributed by atoms with Gasteiger partial charge in [0, 0.05) is 31.7 Å². The highest BCUT2D eigenvalue weighted by atomic mass is 16.5. The molecule has 0 aliphatic carbocycles. The van der Waals surface area contributed by atoms with Crippen molar-refractivity contribution in [1.29, 1.82) is 0 Å². The molecule has 7 nitrogen and oxygen atoms in total. The highest BCUT2D eigenvalue weighted by Crippen LogP contribution is 2.28.